The number of aromatic nitrogens is 2. The normalized spacial score (nSPS) is 23.3. The minimum absolute atomic E-state index is 0.166. The number of fused-ring (bicyclic) bond motifs is 2. The molecule has 4 rings (SSSR count). The molecule has 1 amide bonds. The van der Waals surface area contributed by atoms with E-state index < -0.39 is 16.1 Å². The number of benzene rings is 1. The van der Waals surface area contributed by atoms with E-state index in [1.165, 1.54) is 10.6 Å². The van der Waals surface area contributed by atoms with Crippen LogP contribution >= 0.6 is 0 Å². The molecule has 2 aliphatic rings. The number of carbonyl (C=O) groups excluding carboxylic acids is 1. The van der Waals surface area contributed by atoms with E-state index in [9.17, 15) is 13.2 Å². The first-order chi connectivity index (χ1) is 12.2. The summed E-state index contributed by atoms with van der Waals surface area (Å²) in [6, 6.07) is 5.14. The zero-order chi connectivity index (χ0) is 18.6. The fourth-order valence-electron chi connectivity index (χ4n) is 3.53. The molecule has 1 fully saturated rings. The lowest BCUT2D eigenvalue weighted by molar-refractivity contribution is 0.0683. The average molecular weight is 376 g/mol. The standard InChI is InChI=1S/C17H20N4O4S/c1-19-8-12(7-18-19)11-4-5-13-15(6-11)25-16-10-21(26(3,23)24)9-14(16)20(2)17(13)22/h4-8,14,16H,9-10H2,1-3H3/t14-,16+/m1/s1. The summed E-state index contributed by atoms with van der Waals surface area (Å²) in [4.78, 5) is 14.4. The van der Waals surface area contributed by atoms with Gasteiger partial charge in [0.1, 0.15) is 11.9 Å². The molecule has 1 aromatic heterocycles. The second-order valence-corrected chi connectivity index (χ2v) is 8.82. The Kier molecular flexibility index (Phi) is 3.81. The van der Waals surface area contributed by atoms with E-state index >= 15 is 0 Å². The summed E-state index contributed by atoms with van der Waals surface area (Å²) in [5.74, 6) is 0.312. The second-order valence-electron chi connectivity index (χ2n) is 6.83. The van der Waals surface area contributed by atoms with E-state index in [0.717, 1.165) is 11.1 Å². The Bertz CT molecular complexity index is 984. The Balaban J connectivity index is 1.73. The zero-order valence-electron chi connectivity index (χ0n) is 14.8. The first-order valence-corrected chi connectivity index (χ1v) is 10.1. The lowest BCUT2D eigenvalue weighted by atomic mass is 10.1. The number of amides is 1. The van der Waals surface area contributed by atoms with Crippen LogP contribution in [-0.4, -0.2) is 71.8 Å². The number of rotatable bonds is 2. The Hall–Kier alpha value is -2.39. The predicted octanol–water partition coefficient (Wildman–Crippen LogP) is 0.564. The number of hydrogen-bond donors (Lipinski definition) is 0. The van der Waals surface area contributed by atoms with Crippen molar-refractivity contribution in [3.8, 4) is 16.9 Å². The maximum Gasteiger partial charge on any atom is 0.257 e. The van der Waals surface area contributed by atoms with Gasteiger partial charge in [-0.15, -0.1) is 0 Å². The van der Waals surface area contributed by atoms with Gasteiger partial charge in [-0.3, -0.25) is 9.48 Å². The van der Waals surface area contributed by atoms with Gasteiger partial charge in [0.2, 0.25) is 10.0 Å². The minimum atomic E-state index is -3.34. The largest absolute Gasteiger partial charge is 0.486 e. The highest BCUT2D eigenvalue weighted by molar-refractivity contribution is 7.88. The van der Waals surface area contributed by atoms with Crippen LogP contribution in [0, 0.1) is 0 Å². The topological polar surface area (TPSA) is 84.7 Å². The van der Waals surface area contributed by atoms with Gasteiger partial charge in [0, 0.05) is 32.4 Å². The fourth-order valence-corrected chi connectivity index (χ4v) is 4.37. The minimum Gasteiger partial charge on any atom is -0.486 e. The predicted molar refractivity (Wildman–Crippen MR) is 95.4 cm³/mol. The van der Waals surface area contributed by atoms with Gasteiger partial charge in [-0.05, 0) is 17.7 Å². The van der Waals surface area contributed by atoms with Crippen LogP contribution in [0.3, 0.4) is 0 Å². The van der Waals surface area contributed by atoms with Crippen LogP contribution in [0.2, 0.25) is 0 Å². The van der Waals surface area contributed by atoms with Gasteiger partial charge < -0.3 is 9.64 Å². The summed E-state index contributed by atoms with van der Waals surface area (Å²) in [7, 11) is 0.197. The molecule has 0 N–H and O–H groups in total. The van der Waals surface area contributed by atoms with Crippen molar-refractivity contribution >= 4 is 15.9 Å². The van der Waals surface area contributed by atoms with E-state index in [1.54, 1.807) is 28.9 Å². The highest BCUT2D eigenvalue weighted by Gasteiger charge is 2.44. The molecule has 0 aliphatic carbocycles. The number of nitrogens with zero attached hydrogens (tertiary/aromatic N) is 4. The van der Waals surface area contributed by atoms with Gasteiger partial charge in [-0.1, -0.05) is 6.07 Å². The molecule has 0 spiro atoms. The summed E-state index contributed by atoms with van der Waals surface area (Å²) >= 11 is 0. The molecule has 0 saturated carbocycles. The van der Waals surface area contributed by atoms with Gasteiger partial charge >= 0.3 is 0 Å². The molecule has 2 aromatic rings. The van der Waals surface area contributed by atoms with E-state index in [4.69, 9.17) is 4.74 Å². The number of aryl methyl sites for hydroxylation is 1. The Morgan fingerprint density at radius 2 is 1.96 bits per heavy atom. The summed E-state index contributed by atoms with van der Waals surface area (Å²) < 4.78 is 33.0. The molecule has 2 aliphatic heterocycles. The molecule has 3 heterocycles. The SMILES string of the molecule is CN1C(=O)c2ccc(-c3cnn(C)c3)cc2O[C@H]2CN(S(C)(=O)=O)C[C@H]21. The van der Waals surface area contributed by atoms with E-state index in [0.29, 0.717) is 11.3 Å². The fraction of sp³-hybridized carbons (Fsp3) is 0.412. The molecule has 0 radical (unpaired) electrons. The molecule has 0 bridgehead atoms. The molecule has 1 aromatic carbocycles. The molecule has 8 nitrogen and oxygen atoms in total. The lowest BCUT2D eigenvalue weighted by Crippen LogP contribution is -2.44. The number of ether oxygens (including phenoxy) is 1. The quantitative estimate of drug-likeness (QED) is 0.765. The molecule has 0 unspecified atom stereocenters. The Morgan fingerprint density at radius 3 is 2.62 bits per heavy atom. The van der Waals surface area contributed by atoms with Crippen molar-refractivity contribution in [1.82, 2.24) is 19.0 Å². The van der Waals surface area contributed by atoms with E-state index in [-0.39, 0.29) is 25.0 Å². The molecule has 2 atom stereocenters. The number of sulfonamides is 1. The first kappa shape index (κ1) is 17.0. The molecule has 138 valence electrons. The Morgan fingerprint density at radius 1 is 1.19 bits per heavy atom. The van der Waals surface area contributed by atoms with Crippen LogP contribution in [0.15, 0.2) is 30.6 Å². The van der Waals surface area contributed by atoms with Crippen molar-refractivity contribution in [3.63, 3.8) is 0 Å². The maximum absolute atomic E-state index is 12.8. The lowest BCUT2D eigenvalue weighted by Gasteiger charge is -2.25. The highest BCUT2D eigenvalue weighted by Crippen LogP contribution is 2.34. The summed E-state index contributed by atoms with van der Waals surface area (Å²) in [5.41, 5.74) is 2.30. The molecule has 26 heavy (non-hydrogen) atoms. The third-order valence-corrected chi connectivity index (χ3v) is 6.26. The first-order valence-electron chi connectivity index (χ1n) is 8.26. The number of hydrogen-bond acceptors (Lipinski definition) is 5. The average Bonchev–Trinajstić information content (AvgIpc) is 3.18. The number of carbonyl (C=O) groups is 1. The second kappa shape index (κ2) is 5.82. The monoisotopic (exact) mass is 376 g/mol. The van der Waals surface area contributed by atoms with Gasteiger partial charge in [0.15, 0.2) is 0 Å². The summed E-state index contributed by atoms with van der Waals surface area (Å²) in [6.07, 6.45) is 4.41. The van der Waals surface area contributed by atoms with Gasteiger partial charge in [-0.2, -0.15) is 9.40 Å². The van der Waals surface area contributed by atoms with Crippen LogP contribution in [0.25, 0.3) is 11.1 Å². The third-order valence-electron chi connectivity index (χ3n) is 5.02. The summed E-state index contributed by atoms with van der Waals surface area (Å²) in [6.45, 7) is 0.479. The molecule has 9 heteroatoms. The van der Waals surface area contributed by atoms with Crippen molar-refractivity contribution in [3.05, 3.63) is 36.2 Å². The summed E-state index contributed by atoms with van der Waals surface area (Å²) in [5, 5.41) is 4.17. The molecular formula is C17H20N4O4S. The maximum atomic E-state index is 12.8. The van der Waals surface area contributed by atoms with Crippen molar-refractivity contribution in [1.29, 1.82) is 0 Å². The van der Waals surface area contributed by atoms with Crippen LogP contribution < -0.4 is 4.74 Å². The van der Waals surface area contributed by atoms with Gasteiger partial charge in [0.25, 0.3) is 5.91 Å². The van der Waals surface area contributed by atoms with E-state index in [1.807, 2.05) is 25.4 Å². The third kappa shape index (κ3) is 2.77. The van der Waals surface area contributed by atoms with Crippen molar-refractivity contribution in [2.75, 3.05) is 26.4 Å². The smallest absolute Gasteiger partial charge is 0.257 e. The van der Waals surface area contributed by atoms with Crippen LogP contribution in [-0.2, 0) is 17.1 Å². The van der Waals surface area contributed by atoms with E-state index in [2.05, 4.69) is 5.10 Å². The van der Waals surface area contributed by atoms with Crippen molar-refractivity contribution < 1.29 is 17.9 Å². The highest BCUT2D eigenvalue weighted by atomic mass is 32.2. The van der Waals surface area contributed by atoms with Crippen LogP contribution in [0.5, 0.6) is 5.75 Å². The van der Waals surface area contributed by atoms with Crippen LogP contribution in [0.1, 0.15) is 10.4 Å². The van der Waals surface area contributed by atoms with Gasteiger partial charge in [-0.25, -0.2) is 8.42 Å². The zero-order valence-corrected chi connectivity index (χ0v) is 15.6. The molecule has 1 saturated heterocycles. The Labute approximate surface area is 152 Å². The molecular weight excluding hydrogens is 356 g/mol. The number of likely N-dealkylation sites (N-methyl/N-ethyl adjacent to an activating group) is 1. The van der Waals surface area contributed by atoms with Gasteiger partial charge in [0.05, 0.1) is 30.6 Å². The van der Waals surface area contributed by atoms with Crippen molar-refractivity contribution in [2.45, 2.75) is 12.1 Å². The van der Waals surface area contributed by atoms with Crippen molar-refractivity contribution in [2.24, 2.45) is 7.05 Å². The van der Waals surface area contributed by atoms with Crippen LogP contribution in [0.4, 0.5) is 0 Å².